The number of carbonyl (C=O) groups is 1. The maximum absolute atomic E-state index is 10.3. The Morgan fingerprint density at radius 1 is 0.750 bits per heavy atom. The second-order valence-corrected chi connectivity index (χ2v) is 5.73. The van der Waals surface area contributed by atoms with E-state index in [4.69, 9.17) is 5.11 Å². The lowest BCUT2D eigenvalue weighted by atomic mass is 10.1. The van der Waals surface area contributed by atoms with Gasteiger partial charge in [0.15, 0.2) is 0 Å². The van der Waals surface area contributed by atoms with Gasteiger partial charge in [-0.1, -0.05) is 70.4 Å². The molecule has 0 aliphatic carbocycles. The number of carboxylic acid groups (broad SMARTS) is 1. The van der Waals surface area contributed by atoms with Crippen LogP contribution in [-0.2, 0) is 4.79 Å². The number of hydrogen-bond acceptors (Lipinski definition) is 1. The Hall–Kier alpha value is -0.790. The van der Waals surface area contributed by atoms with Gasteiger partial charge in [-0.05, 0) is 32.1 Å². The van der Waals surface area contributed by atoms with Gasteiger partial charge in [0.1, 0.15) is 0 Å². The maximum Gasteiger partial charge on any atom is 0.303 e. The molecular weight excluding hydrogens is 248 g/mol. The summed E-state index contributed by atoms with van der Waals surface area (Å²) in [5.74, 6) is -0.667. The van der Waals surface area contributed by atoms with Crippen LogP contribution in [0.2, 0.25) is 0 Å². The zero-order valence-electron chi connectivity index (χ0n) is 13.4. The summed E-state index contributed by atoms with van der Waals surface area (Å²) in [5.41, 5.74) is 0. The largest absolute Gasteiger partial charge is 0.481 e. The van der Waals surface area contributed by atoms with Crippen molar-refractivity contribution in [3.63, 3.8) is 0 Å². The minimum atomic E-state index is -0.667. The molecule has 0 aromatic rings. The molecule has 0 amide bonds. The summed E-state index contributed by atoms with van der Waals surface area (Å²) >= 11 is 0. The molecule has 0 fully saturated rings. The Labute approximate surface area is 125 Å². The van der Waals surface area contributed by atoms with Gasteiger partial charge in [-0.15, -0.1) is 0 Å². The van der Waals surface area contributed by atoms with Crippen molar-refractivity contribution >= 4 is 5.97 Å². The van der Waals surface area contributed by atoms with E-state index in [9.17, 15) is 4.79 Å². The fourth-order valence-electron chi connectivity index (χ4n) is 2.35. The summed E-state index contributed by atoms with van der Waals surface area (Å²) in [6.45, 7) is 2.26. The Balaban J connectivity index is 3.07. The summed E-state index contributed by atoms with van der Waals surface area (Å²) in [4.78, 5) is 10.3. The number of unbranched alkanes of at least 4 members (excludes halogenated alkanes) is 11. The van der Waals surface area contributed by atoms with E-state index >= 15 is 0 Å². The molecular formula is C18H34O2. The summed E-state index contributed by atoms with van der Waals surface area (Å²) in [6, 6.07) is 0. The van der Waals surface area contributed by atoms with Crippen molar-refractivity contribution in [1.29, 1.82) is 0 Å². The average molecular weight is 282 g/mol. The average Bonchev–Trinajstić information content (AvgIpc) is 2.43. The molecule has 0 spiro atoms. The van der Waals surface area contributed by atoms with E-state index in [0.29, 0.717) is 6.42 Å². The molecule has 118 valence electrons. The van der Waals surface area contributed by atoms with E-state index in [2.05, 4.69) is 19.1 Å². The van der Waals surface area contributed by atoms with Crippen molar-refractivity contribution in [3.8, 4) is 0 Å². The van der Waals surface area contributed by atoms with Crippen LogP contribution in [0.5, 0.6) is 0 Å². The molecule has 0 rings (SSSR count). The number of aliphatic carboxylic acids is 1. The Morgan fingerprint density at radius 3 is 1.70 bits per heavy atom. The fourth-order valence-corrected chi connectivity index (χ4v) is 2.35. The summed E-state index contributed by atoms with van der Waals surface area (Å²) in [7, 11) is 0. The smallest absolute Gasteiger partial charge is 0.303 e. The molecule has 0 radical (unpaired) electrons. The molecule has 2 nitrogen and oxygen atoms in total. The van der Waals surface area contributed by atoms with Crippen LogP contribution < -0.4 is 0 Å². The van der Waals surface area contributed by atoms with Gasteiger partial charge >= 0.3 is 5.97 Å². The van der Waals surface area contributed by atoms with Gasteiger partial charge in [-0.2, -0.15) is 0 Å². The van der Waals surface area contributed by atoms with Gasteiger partial charge in [-0.25, -0.2) is 0 Å². The highest BCUT2D eigenvalue weighted by Crippen LogP contribution is 2.09. The number of allylic oxidation sites excluding steroid dienone is 2. The van der Waals surface area contributed by atoms with Crippen LogP contribution in [0.3, 0.4) is 0 Å². The Kier molecular flexibility index (Phi) is 15.6. The molecule has 0 saturated carbocycles. The number of hydrogen-bond donors (Lipinski definition) is 1. The first-order chi connectivity index (χ1) is 9.77. The Morgan fingerprint density at radius 2 is 1.20 bits per heavy atom. The van der Waals surface area contributed by atoms with Crippen LogP contribution >= 0.6 is 0 Å². The highest BCUT2D eigenvalue weighted by molar-refractivity contribution is 5.66. The molecule has 0 aliphatic heterocycles. The van der Waals surface area contributed by atoms with E-state index < -0.39 is 5.97 Å². The summed E-state index contributed by atoms with van der Waals surface area (Å²) in [5, 5.41) is 8.51. The summed E-state index contributed by atoms with van der Waals surface area (Å²) < 4.78 is 0. The molecule has 0 aliphatic rings. The van der Waals surface area contributed by atoms with Gasteiger partial charge in [0.2, 0.25) is 0 Å². The van der Waals surface area contributed by atoms with Crippen LogP contribution in [0, 0.1) is 0 Å². The highest BCUT2D eigenvalue weighted by atomic mass is 16.4. The van der Waals surface area contributed by atoms with E-state index in [0.717, 1.165) is 25.7 Å². The third kappa shape index (κ3) is 17.2. The number of carboxylic acids is 1. The van der Waals surface area contributed by atoms with Gasteiger partial charge in [0, 0.05) is 6.42 Å². The van der Waals surface area contributed by atoms with Crippen molar-refractivity contribution in [2.75, 3.05) is 0 Å². The maximum atomic E-state index is 10.3. The van der Waals surface area contributed by atoms with Crippen molar-refractivity contribution in [1.82, 2.24) is 0 Å². The van der Waals surface area contributed by atoms with Gasteiger partial charge in [0.05, 0.1) is 0 Å². The van der Waals surface area contributed by atoms with E-state index in [1.807, 2.05) is 0 Å². The monoisotopic (exact) mass is 282 g/mol. The topological polar surface area (TPSA) is 37.3 Å². The fraction of sp³-hybridized carbons (Fsp3) is 0.833. The second-order valence-electron chi connectivity index (χ2n) is 5.73. The third-order valence-electron chi connectivity index (χ3n) is 3.65. The first-order valence-electron chi connectivity index (χ1n) is 8.64. The molecule has 2 heteroatoms. The van der Waals surface area contributed by atoms with Crippen LogP contribution in [0.4, 0.5) is 0 Å². The SMILES string of the molecule is CCCCCCCCCC=CCCCCCCC(=O)O. The molecule has 0 heterocycles. The first-order valence-corrected chi connectivity index (χ1v) is 8.64. The molecule has 20 heavy (non-hydrogen) atoms. The zero-order chi connectivity index (χ0) is 14.9. The lowest BCUT2D eigenvalue weighted by Crippen LogP contribution is -1.93. The van der Waals surface area contributed by atoms with Crippen LogP contribution in [0.1, 0.15) is 96.8 Å². The normalized spacial score (nSPS) is 11.2. The molecule has 0 saturated heterocycles. The molecule has 0 bridgehead atoms. The zero-order valence-corrected chi connectivity index (χ0v) is 13.4. The number of rotatable bonds is 15. The minimum Gasteiger partial charge on any atom is -0.481 e. The predicted octanol–water partition coefficient (Wildman–Crippen LogP) is 6.11. The van der Waals surface area contributed by atoms with Gasteiger partial charge < -0.3 is 5.11 Å². The van der Waals surface area contributed by atoms with Crippen molar-refractivity contribution in [2.24, 2.45) is 0 Å². The molecule has 0 unspecified atom stereocenters. The molecule has 0 atom stereocenters. The standard InChI is InChI=1S/C18H34O2/c1-2-3-4-5-6-7-8-9-10-11-12-13-14-15-16-17-18(19)20/h10-11H,2-9,12-17H2,1H3,(H,19,20). The van der Waals surface area contributed by atoms with Gasteiger partial charge in [-0.3, -0.25) is 4.79 Å². The van der Waals surface area contributed by atoms with Crippen molar-refractivity contribution in [3.05, 3.63) is 12.2 Å². The van der Waals surface area contributed by atoms with Crippen LogP contribution in [0.15, 0.2) is 12.2 Å². The summed E-state index contributed by atoms with van der Waals surface area (Å²) in [6.07, 6.45) is 21.2. The molecule has 0 aromatic heterocycles. The lowest BCUT2D eigenvalue weighted by Gasteiger charge is -1.99. The van der Waals surface area contributed by atoms with Crippen molar-refractivity contribution in [2.45, 2.75) is 96.8 Å². The minimum absolute atomic E-state index is 0.327. The third-order valence-corrected chi connectivity index (χ3v) is 3.65. The molecule has 1 N–H and O–H groups in total. The van der Waals surface area contributed by atoms with Crippen LogP contribution in [-0.4, -0.2) is 11.1 Å². The van der Waals surface area contributed by atoms with E-state index in [1.165, 1.54) is 57.8 Å². The molecule has 0 aromatic carbocycles. The predicted molar refractivity (Wildman–Crippen MR) is 87.1 cm³/mol. The van der Waals surface area contributed by atoms with E-state index in [1.54, 1.807) is 0 Å². The van der Waals surface area contributed by atoms with Gasteiger partial charge in [0.25, 0.3) is 0 Å². The lowest BCUT2D eigenvalue weighted by molar-refractivity contribution is -0.137. The second kappa shape index (κ2) is 16.3. The van der Waals surface area contributed by atoms with E-state index in [-0.39, 0.29) is 0 Å². The first kappa shape index (κ1) is 19.2. The highest BCUT2D eigenvalue weighted by Gasteiger charge is 1.95. The quantitative estimate of drug-likeness (QED) is 0.291. The van der Waals surface area contributed by atoms with Crippen LogP contribution in [0.25, 0.3) is 0 Å². The Bertz CT molecular complexity index is 234. The van der Waals surface area contributed by atoms with Crippen molar-refractivity contribution < 1.29 is 9.90 Å².